The fourth-order valence-corrected chi connectivity index (χ4v) is 2.27. The van der Waals surface area contributed by atoms with Gasteiger partial charge in [-0.05, 0) is 25.7 Å². The van der Waals surface area contributed by atoms with Crippen LogP contribution in [0.1, 0.15) is 25.7 Å². The number of ether oxygens (including phenoxy) is 1. The summed E-state index contributed by atoms with van der Waals surface area (Å²) in [6.07, 6.45) is 3.45. The van der Waals surface area contributed by atoms with Crippen LogP contribution in [0.5, 0.6) is 0 Å². The van der Waals surface area contributed by atoms with E-state index in [1.807, 2.05) is 0 Å². The molecule has 0 aromatic carbocycles. The molecule has 0 unspecified atom stereocenters. The van der Waals surface area contributed by atoms with Crippen LogP contribution < -0.4 is 5.73 Å². The molecule has 0 radical (unpaired) electrons. The highest BCUT2D eigenvalue weighted by molar-refractivity contribution is 5.98. The summed E-state index contributed by atoms with van der Waals surface area (Å²) in [5, 5.41) is 0. The monoisotopic (exact) mass is 212 g/mol. The van der Waals surface area contributed by atoms with Gasteiger partial charge in [0.05, 0.1) is 0 Å². The predicted octanol–water partition coefficient (Wildman–Crippen LogP) is -0.358. The van der Waals surface area contributed by atoms with Crippen LogP contribution in [0.3, 0.4) is 0 Å². The average Bonchev–Trinajstić information content (AvgIpc) is 2.20. The zero-order chi connectivity index (χ0) is 10.8. The Hall–Kier alpha value is -0.940. The van der Waals surface area contributed by atoms with Gasteiger partial charge in [-0.2, -0.15) is 0 Å². The van der Waals surface area contributed by atoms with Crippen LogP contribution in [-0.2, 0) is 14.3 Å². The van der Waals surface area contributed by atoms with E-state index in [0.29, 0.717) is 0 Å². The van der Waals surface area contributed by atoms with Crippen molar-refractivity contribution in [1.82, 2.24) is 4.90 Å². The fraction of sp³-hybridized carbons (Fsp3) is 0.800. The Labute approximate surface area is 88.5 Å². The van der Waals surface area contributed by atoms with Crippen molar-refractivity contribution in [3.05, 3.63) is 0 Å². The first-order valence-corrected chi connectivity index (χ1v) is 5.36. The van der Waals surface area contributed by atoms with Gasteiger partial charge in [0, 0.05) is 12.1 Å². The Morgan fingerprint density at radius 2 is 1.60 bits per heavy atom. The molecule has 2 rings (SSSR count). The lowest BCUT2D eigenvalue weighted by molar-refractivity contribution is -0.162. The minimum absolute atomic E-state index is 0.0360. The molecule has 0 bridgehead atoms. The molecule has 15 heavy (non-hydrogen) atoms. The minimum Gasteiger partial charge on any atom is -0.362 e. The van der Waals surface area contributed by atoms with Gasteiger partial charge in [-0.15, -0.1) is 0 Å². The molecule has 0 aromatic heterocycles. The SMILES string of the molecule is NC1CCC(N2C(=O)COCC2=O)CC1. The first-order chi connectivity index (χ1) is 7.18. The van der Waals surface area contributed by atoms with Gasteiger partial charge in [0.1, 0.15) is 13.2 Å². The van der Waals surface area contributed by atoms with Crippen LogP contribution in [-0.4, -0.2) is 42.0 Å². The predicted molar refractivity (Wildman–Crippen MR) is 52.9 cm³/mol. The molecule has 2 amide bonds. The molecule has 2 fully saturated rings. The number of nitrogens with two attached hydrogens (primary N) is 1. The van der Waals surface area contributed by atoms with Gasteiger partial charge in [-0.3, -0.25) is 14.5 Å². The molecule has 1 heterocycles. The van der Waals surface area contributed by atoms with Gasteiger partial charge in [-0.25, -0.2) is 0 Å². The number of hydrogen-bond donors (Lipinski definition) is 1. The highest BCUT2D eigenvalue weighted by Gasteiger charge is 2.34. The molecule has 1 saturated heterocycles. The number of rotatable bonds is 1. The number of imide groups is 1. The van der Waals surface area contributed by atoms with Crippen LogP contribution in [0.2, 0.25) is 0 Å². The van der Waals surface area contributed by atoms with Crippen LogP contribution in [0, 0.1) is 0 Å². The van der Waals surface area contributed by atoms with E-state index in [2.05, 4.69) is 0 Å². The van der Waals surface area contributed by atoms with Crippen molar-refractivity contribution in [3.63, 3.8) is 0 Å². The van der Waals surface area contributed by atoms with Gasteiger partial charge in [0.15, 0.2) is 0 Å². The zero-order valence-corrected chi connectivity index (χ0v) is 8.65. The quantitative estimate of drug-likeness (QED) is 0.602. The Bertz CT molecular complexity index is 256. The molecular weight excluding hydrogens is 196 g/mol. The maximum absolute atomic E-state index is 11.5. The van der Waals surface area contributed by atoms with Crippen molar-refractivity contribution in [2.24, 2.45) is 5.73 Å². The maximum atomic E-state index is 11.5. The summed E-state index contributed by atoms with van der Waals surface area (Å²) in [6.45, 7) is 0.0720. The molecule has 1 aliphatic heterocycles. The maximum Gasteiger partial charge on any atom is 0.255 e. The third-order valence-corrected chi connectivity index (χ3v) is 3.09. The molecule has 0 atom stereocenters. The van der Waals surface area contributed by atoms with Gasteiger partial charge < -0.3 is 10.5 Å². The van der Waals surface area contributed by atoms with E-state index >= 15 is 0 Å². The summed E-state index contributed by atoms with van der Waals surface area (Å²) in [5.74, 6) is -0.404. The molecule has 5 nitrogen and oxygen atoms in total. The normalized spacial score (nSPS) is 33.3. The van der Waals surface area contributed by atoms with Gasteiger partial charge in [0.25, 0.3) is 11.8 Å². The van der Waals surface area contributed by atoms with Crippen molar-refractivity contribution in [3.8, 4) is 0 Å². The molecule has 1 aliphatic carbocycles. The Balaban J connectivity index is 2.01. The van der Waals surface area contributed by atoms with Crippen molar-refractivity contribution in [1.29, 1.82) is 0 Å². The topological polar surface area (TPSA) is 72.6 Å². The molecular formula is C10H16N2O3. The van der Waals surface area contributed by atoms with Crippen LogP contribution in [0.25, 0.3) is 0 Å². The highest BCUT2D eigenvalue weighted by atomic mass is 16.5. The molecule has 0 aromatic rings. The number of morpholine rings is 1. The fourth-order valence-electron chi connectivity index (χ4n) is 2.27. The molecule has 1 saturated carbocycles. The second-order valence-electron chi connectivity index (χ2n) is 4.22. The van der Waals surface area contributed by atoms with Crippen molar-refractivity contribution in [2.45, 2.75) is 37.8 Å². The van der Waals surface area contributed by atoms with Crippen molar-refractivity contribution < 1.29 is 14.3 Å². The van der Waals surface area contributed by atoms with Crippen LogP contribution in [0.4, 0.5) is 0 Å². The Morgan fingerprint density at radius 3 is 2.13 bits per heavy atom. The van der Waals surface area contributed by atoms with Gasteiger partial charge in [0.2, 0.25) is 0 Å². The van der Waals surface area contributed by atoms with E-state index in [1.54, 1.807) is 0 Å². The molecule has 84 valence electrons. The Kier molecular flexibility index (Phi) is 3.02. The molecule has 0 spiro atoms. The van der Waals surface area contributed by atoms with E-state index in [9.17, 15) is 9.59 Å². The third kappa shape index (κ3) is 2.18. The summed E-state index contributed by atoms with van der Waals surface area (Å²) in [4.78, 5) is 24.5. The second-order valence-corrected chi connectivity index (χ2v) is 4.22. The van der Waals surface area contributed by atoms with Gasteiger partial charge in [-0.1, -0.05) is 0 Å². The Morgan fingerprint density at radius 1 is 1.07 bits per heavy atom. The average molecular weight is 212 g/mol. The van der Waals surface area contributed by atoms with E-state index in [0.717, 1.165) is 25.7 Å². The van der Waals surface area contributed by atoms with Gasteiger partial charge >= 0.3 is 0 Å². The second kappa shape index (κ2) is 4.28. The lowest BCUT2D eigenvalue weighted by Gasteiger charge is -2.36. The minimum atomic E-state index is -0.202. The summed E-state index contributed by atoms with van der Waals surface area (Å²) in [6, 6.07) is 0.279. The number of hydrogen-bond acceptors (Lipinski definition) is 4. The number of carbonyl (C=O) groups excluding carboxylic acids is 2. The molecule has 5 heteroatoms. The number of amides is 2. The highest BCUT2D eigenvalue weighted by Crippen LogP contribution is 2.23. The first kappa shape index (κ1) is 10.6. The lowest BCUT2D eigenvalue weighted by atomic mass is 9.90. The third-order valence-electron chi connectivity index (χ3n) is 3.09. The summed E-state index contributed by atoms with van der Waals surface area (Å²) in [5.41, 5.74) is 5.78. The molecule has 2 aliphatic rings. The first-order valence-electron chi connectivity index (χ1n) is 5.36. The summed E-state index contributed by atoms with van der Waals surface area (Å²) >= 11 is 0. The smallest absolute Gasteiger partial charge is 0.255 e. The largest absolute Gasteiger partial charge is 0.362 e. The molecule has 2 N–H and O–H groups in total. The standard InChI is InChI=1S/C10H16N2O3/c11-7-1-3-8(4-2-7)12-9(13)5-15-6-10(12)14/h7-8H,1-6,11H2. The van der Waals surface area contributed by atoms with E-state index in [-0.39, 0.29) is 37.1 Å². The number of carbonyl (C=O) groups is 2. The van der Waals surface area contributed by atoms with Crippen molar-refractivity contribution in [2.75, 3.05) is 13.2 Å². The van der Waals surface area contributed by atoms with Crippen LogP contribution >= 0.6 is 0 Å². The van der Waals surface area contributed by atoms with E-state index in [1.165, 1.54) is 4.90 Å². The zero-order valence-electron chi connectivity index (χ0n) is 8.65. The summed E-state index contributed by atoms with van der Waals surface area (Å²) in [7, 11) is 0. The van der Waals surface area contributed by atoms with Crippen molar-refractivity contribution >= 4 is 11.8 Å². The van der Waals surface area contributed by atoms with E-state index in [4.69, 9.17) is 10.5 Å². The van der Waals surface area contributed by atoms with E-state index < -0.39 is 0 Å². The lowest BCUT2D eigenvalue weighted by Crippen LogP contribution is -2.53. The van der Waals surface area contributed by atoms with Crippen LogP contribution in [0.15, 0.2) is 0 Å². The number of nitrogens with zero attached hydrogens (tertiary/aromatic N) is 1. The summed E-state index contributed by atoms with van der Waals surface area (Å²) < 4.78 is 4.87.